The van der Waals surface area contributed by atoms with Crippen LogP contribution in [0, 0.1) is 0 Å². The van der Waals surface area contributed by atoms with Crippen molar-refractivity contribution in [3.05, 3.63) is 35.9 Å². The van der Waals surface area contributed by atoms with Gasteiger partial charge in [-0.1, -0.05) is 18.2 Å². The van der Waals surface area contributed by atoms with E-state index in [4.69, 9.17) is 9.84 Å². The van der Waals surface area contributed by atoms with Crippen molar-refractivity contribution in [2.45, 2.75) is 45.4 Å². The van der Waals surface area contributed by atoms with Crippen molar-refractivity contribution in [1.29, 1.82) is 0 Å². The van der Waals surface area contributed by atoms with Crippen molar-refractivity contribution in [1.82, 2.24) is 10.4 Å². The summed E-state index contributed by atoms with van der Waals surface area (Å²) in [4.78, 5) is 24.5. The van der Waals surface area contributed by atoms with Gasteiger partial charge in [-0.2, -0.15) is 0 Å². The molecule has 23 heavy (non-hydrogen) atoms. The van der Waals surface area contributed by atoms with Gasteiger partial charge in [0.2, 0.25) is 0 Å². The fourth-order valence-corrected chi connectivity index (χ4v) is 1.71. The normalized spacial score (nSPS) is 13.8. The van der Waals surface area contributed by atoms with Crippen LogP contribution in [0.3, 0.4) is 0 Å². The molecule has 1 aromatic rings. The zero-order chi connectivity index (χ0) is 17.6. The Bertz CT molecular complexity index is 527. The molecule has 0 saturated heterocycles. The van der Waals surface area contributed by atoms with Crippen molar-refractivity contribution < 1.29 is 24.5 Å². The molecule has 0 heterocycles. The van der Waals surface area contributed by atoms with Gasteiger partial charge in [0.1, 0.15) is 5.60 Å². The fraction of sp³-hybridized carbons (Fsp3) is 0.500. The third kappa shape index (κ3) is 5.88. The average molecular weight is 324 g/mol. The Morgan fingerprint density at radius 3 is 2.30 bits per heavy atom. The Balaban J connectivity index is 2.95. The van der Waals surface area contributed by atoms with Crippen molar-refractivity contribution in [2.24, 2.45) is 0 Å². The van der Waals surface area contributed by atoms with Crippen LogP contribution in [-0.4, -0.2) is 51.6 Å². The summed E-state index contributed by atoms with van der Waals surface area (Å²) in [7, 11) is 0. The van der Waals surface area contributed by atoms with Gasteiger partial charge in [-0.3, -0.25) is 10.2 Å². The molecule has 0 aliphatic rings. The number of benzene rings is 1. The van der Waals surface area contributed by atoms with E-state index >= 15 is 0 Å². The zero-order valence-electron chi connectivity index (χ0n) is 13.8. The van der Waals surface area contributed by atoms with Crippen LogP contribution in [0.25, 0.3) is 0 Å². The highest BCUT2D eigenvalue weighted by Crippen LogP contribution is 2.13. The van der Waals surface area contributed by atoms with E-state index in [1.807, 2.05) is 0 Å². The standard InChI is InChI=1S/C16H24N2O5/c1-11(13(20)10-19)18(15(22)23-16(2,3)4)17-14(21)12-8-6-5-7-9-12/h5-9,11,13,19-20H,10H2,1-4H3,(H,17,21)/t11-,13+/m0/s1. The Morgan fingerprint density at radius 2 is 1.83 bits per heavy atom. The number of aliphatic hydroxyl groups excluding tert-OH is 2. The molecule has 0 radical (unpaired) electrons. The molecule has 2 amide bonds. The molecule has 0 spiro atoms. The lowest BCUT2D eigenvalue weighted by Gasteiger charge is -2.33. The third-order valence-corrected chi connectivity index (χ3v) is 3.00. The van der Waals surface area contributed by atoms with Crippen molar-refractivity contribution in [3.8, 4) is 0 Å². The number of carbonyl (C=O) groups is 2. The molecule has 1 aromatic carbocycles. The fourth-order valence-electron chi connectivity index (χ4n) is 1.71. The Morgan fingerprint density at radius 1 is 1.26 bits per heavy atom. The second kappa shape index (κ2) is 7.94. The van der Waals surface area contributed by atoms with Gasteiger partial charge in [0, 0.05) is 5.56 Å². The van der Waals surface area contributed by atoms with Gasteiger partial charge in [0.25, 0.3) is 5.91 Å². The summed E-state index contributed by atoms with van der Waals surface area (Å²) in [6.45, 7) is 6.01. The summed E-state index contributed by atoms with van der Waals surface area (Å²) in [5.74, 6) is -0.520. The molecule has 0 unspecified atom stereocenters. The molecular weight excluding hydrogens is 300 g/mol. The lowest BCUT2D eigenvalue weighted by molar-refractivity contribution is -0.0279. The first-order valence-electron chi connectivity index (χ1n) is 7.33. The summed E-state index contributed by atoms with van der Waals surface area (Å²) in [6.07, 6.45) is -2.04. The van der Waals surface area contributed by atoms with Gasteiger partial charge in [0.05, 0.1) is 18.8 Å². The Kier molecular flexibility index (Phi) is 6.53. The molecule has 1 rings (SSSR count). The number of nitrogens with zero attached hydrogens (tertiary/aromatic N) is 1. The maximum absolute atomic E-state index is 12.3. The predicted molar refractivity (Wildman–Crippen MR) is 84.5 cm³/mol. The molecular formula is C16H24N2O5. The quantitative estimate of drug-likeness (QED) is 0.725. The van der Waals surface area contributed by atoms with Crippen molar-refractivity contribution in [3.63, 3.8) is 0 Å². The summed E-state index contributed by atoms with van der Waals surface area (Å²) < 4.78 is 5.23. The Hall–Kier alpha value is -2.12. The molecule has 3 N–H and O–H groups in total. The molecule has 0 aromatic heterocycles. The van der Waals surface area contributed by atoms with Gasteiger partial charge < -0.3 is 14.9 Å². The van der Waals surface area contributed by atoms with E-state index in [1.165, 1.54) is 6.92 Å². The highest BCUT2D eigenvalue weighted by atomic mass is 16.6. The first kappa shape index (κ1) is 18.9. The minimum Gasteiger partial charge on any atom is -0.442 e. The number of carbonyl (C=O) groups excluding carboxylic acids is 2. The van der Waals surface area contributed by atoms with Crippen LogP contribution in [0.1, 0.15) is 38.1 Å². The smallest absolute Gasteiger partial charge is 0.429 e. The van der Waals surface area contributed by atoms with Gasteiger partial charge >= 0.3 is 6.09 Å². The lowest BCUT2D eigenvalue weighted by atomic mass is 10.2. The molecule has 0 saturated carbocycles. The van der Waals surface area contributed by atoms with Gasteiger partial charge in [-0.25, -0.2) is 9.80 Å². The number of amides is 2. The van der Waals surface area contributed by atoms with Crippen LogP contribution in [-0.2, 0) is 4.74 Å². The van der Waals surface area contributed by atoms with Crippen LogP contribution < -0.4 is 5.43 Å². The van der Waals surface area contributed by atoms with Crippen molar-refractivity contribution >= 4 is 12.0 Å². The van der Waals surface area contributed by atoms with Crippen LogP contribution in [0.5, 0.6) is 0 Å². The highest BCUT2D eigenvalue weighted by Gasteiger charge is 2.31. The minimum absolute atomic E-state index is 0.353. The summed E-state index contributed by atoms with van der Waals surface area (Å²) in [5.41, 5.74) is 2.01. The number of hydrazine groups is 1. The summed E-state index contributed by atoms with van der Waals surface area (Å²) >= 11 is 0. The second-order valence-corrected chi connectivity index (χ2v) is 6.15. The van der Waals surface area contributed by atoms with Gasteiger partial charge in [0.15, 0.2) is 0 Å². The molecule has 0 bridgehead atoms. The number of rotatable bonds is 4. The number of hydrogen-bond donors (Lipinski definition) is 3. The highest BCUT2D eigenvalue weighted by molar-refractivity contribution is 5.94. The van der Waals surface area contributed by atoms with E-state index < -0.39 is 36.4 Å². The van der Waals surface area contributed by atoms with Gasteiger partial charge in [-0.15, -0.1) is 0 Å². The molecule has 0 aliphatic heterocycles. The van der Waals surface area contributed by atoms with Crippen LogP contribution >= 0.6 is 0 Å². The summed E-state index contributed by atoms with van der Waals surface area (Å²) in [5, 5.41) is 19.7. The average Bonchev–Trinajstić information content (AvgIpc) is 2.49. The predicted octanol–water partition coefficient (Wildman–Crippen LogP) is 1.31. The topological polar surface area (TPSA) is 99.1 Å². The molecule has 0 fully saturated rings. The largest absolute Gasteiger partial charge is 0.442 e. The van der Waals surface area contributed by atoms with Crippen LogP contribution in [0.15, 0.2) is 30.3 Å². The number of hydrogen-bond acceptors (Lipinski definition) is 5. The third-order valence-electron chi connectivity index (χ3n) is 3.00. The van der Waals surface area contributed by atoms with Crippen molar-refractivity contribution in [2.75, 3.05) is 6.61 Å². The molecule has 7 heteroatoms. The van der Waals surface area contributed by atoms with E-state index in [2.05, 4.69) is 5.43 Å². The van der Waals surface area contributed by atoms with Gasteiger partial charge in [-0.05, 0) is 39.8 Å². The summed E-state index contributed by atoms with van der Waals surface area (Å²) in [6, 6.07) is 7.46. The lowest BCUT2D eigenvalue weighted by Crippen LogP contribution is -2.56. The monoisotopic (exact) mass is 324 g/mol. The van der Waals surface area contributed by atoms with E-state index in [9.17, 15) is 14.7 Å². The van der Waals surface area contributed by atoms with E-state index in [1.54, 1.807) is 51.1 Å². The zero-order valence-corrected chi connectivity index (χ0v) is 13.8. The maximum Gasteiger partial charge on any atom is 0.429 e. The second-order valence-electron chi connectivity index (χ2n) is 6.15. The number of nitrogens with one attached hydrogen (secondary N) is 1. The number of aliphatic hydroxyl groups is 2. The van der Waals surface area contributed by atoms with Crippen LogP contribution in [0.4, 0.5) is 4.79 Å². The SMILES string of the molecule is C[C@@H]([C@H](O)CO)N(NC(=O)c1ccccc1)C(=O)OC(C)(C)C. The minimum atomic E-state index is -1.22. The molecule has 0 aliphatic carbocycles. The molecule has 2 atom stereocenters. The molecule has 128 valence electrons. The van der Waals surface area contributed by atoms with E-state index in [0.717, 1.165) is 5.01 Å². The first-order chi connectivity index (χ1) is 10.7. The first-order valence-corrected chi connectivity index (χ1v) is 7.33. The maximum atomic E-state index is 12.3. The Labute approximate surface area is 135 Å². The number of ether oxygens (including phenoxy) is 1. The van der Waals surface area contributed by atoms with E-state index in [-0.39, 0.29) is 0 Å². The molecule has 7 nitrogen and oxygen atoms in total. The van der Waals surface area contributed by atoms with E-state index in [0.29, 0.717) is 5.56 Å². The van der Waals surface area contributed by atoms with Crippen LogP contribution in [0.2, 0.25) is 0 Å².